The smallest absolute Gasteiger partial charge is 0.404 e. The summed E-state index contributed by atoms with van der Waals surface area (Å²) in [4.78, 5) is 12.1. The summed E-state index contributed by atoms with van der Waals surface area (Å²) >= 11 is 0. The molecule has 0 rings (SSSR count). The van der Waals surface area contributed by atoms with Crippen molar-refractivity contribution in [2.45, 2.75) is 6.42 Å². The van der Waals surface area contributed by atoms with Crippen LogP contribution >= 0.6 is 0 Å². The Hall–Kier alpha value is -0.850. The van der Waals surface area contributed by atoms with Gasteiger partial charge in [0.05, 0.1) is 19.8 Å². The molecule has 0 aliphatic heterocycles. The van der Waals surface area contributed by atoms with Crippen LogP contribution in [0.15, 0.2) is 0 Å². The second kappa shape index (κ2) is 8.74. The predicted molar refractivity (Wildman–Crippen MR) is 50.8 cm³/mol. The van der Waals surface area contributed by atoms with Gasteiger partial charge in [0.25, 0.3) is 0 Å². The van der Waals surface area contributed by atoms with E-state index < -0.39 is 6.09 Å². The fourth-order valence-electron chi connectivity index (χ4n) is 1.08. The Morgan fingerprint density at radius 2 is 1.79 bits per heavy atom. The Morgan fingerprint density at radius 1 is 1.21 bits per heavy atom. The number of carbonyl (C=O) groups is 1. The highest BCUT2D eigenvalue weighted by Gasteiger charge is 2.03. The molecule has 14 heavy (non-hydrogen) atoms. The number of carbonyl (C=O) groups excluding carboxylic acids is 1. The van der Waals surface area contributed by atoms with Gasteiger partial charge in [0.2, 0.25) is 0 Å². The molecule has 0 aliphatic carbocycles. The van der Waals surface area contributed by atoms with E-state index in [0.29, 0.717) is 26.1 Å². The van der Waals surface area contributed by atoms with Crippen LogP contribution in [-0.4, -0.2) is 60.7 Å². The minimum absolute atomic E-state index is 0.0523. The Balaban J connectivity index is 3.44. The van der Waals surface area contributed by atoms with Gasteiger partial charge in [-0.2, -0.15) is 0 Å². The number of primary amides is 1. The molecule has 1 amide bonds. The molecule has 0 aromatic carbocycles. The average Bonchev–Trinajstić information content (AvgIpc) is 2.12. The summed E-state index contributed by atoms with van der Waals surface area (Å²) in [6.45, 7) is 2.05. The minimum atomic E-state index is -0.777. The van der Waals surface area contributed by atoms with Crippen LogP contribution in [0.4, 0.5) is 4.79 Å². The lowest BCUT2D eigenvalue weighted by atomic mass is 10.4. The van der Waals surface area contributed by atoms with E-state index in [-0.39, 0.29) is 19.8 Å². The Kier molecular flexibility index (Phi) is 8.20. The number of nitrogens with zero attached hydrogens (tertiary/aromatic N) is 1. The number of hydrogen-bond acceptors (Lipinski definition) is 5. The minimum Gasteiger partial charge on any atom is -0.450 e. The van der Waals surface area contributed by atoms with E-state index >= 15 is 0 Å². The third-order valence-corrected chi connectivity index (χ3v) is 1.70. The summed E-state index contributed by atoms with van der Waals surface area (Å²) in [6, 6.07) is 0. The molecule has 0 atom stereocenters. The van der Waals surface area contributed by atoms with E-state index in [1.54, 1.807) is 0 Å². The summed E-state index contributed by atoms with van der Waals surface area (Å²) in [5, 5.41) is 17.4. The van der Waals surface area contributed by atoms with Crippen molar-refractivity contribution in [3.8, 4) is 0 Å². The first-order chi connectivity index (χ1) is 6.70. The second-order valence-corrected chi connectivity index (χ2v) is 2.81. The molecule has 0 saturated heterocycles. The van der Waals surface area contributed by atoms with Gasteiger partial charge in [0.1, 0.15) is 0 Å². The zero-order chi connectivity index (χ0) is 10.8. The van der Waals surface area contributed by atoms with Gasteiger partial charge in [0, 0.05) is 19.6 Å². The van der Waals surface area contributed by atoms with E-state index in [1.165, 1.54) is 0 Å². The van der Waals surface area contributed by atoms with Crippen LogP contribution in [0.25, 0.3) is 0 Å². The molecule has 0 aromatic rings. The van der Waals surface area contributed by atoms with Crippen molar-refractivity contribution in [2.24, 2.45) is 5.73 Å². The topological polar surface area (TPSA) is 96.0 Å². The first kappa shape index (κ1) is 13.2. The van der Waals surface area contributed by atoms with Crippen LogP contribution in [0.3, 0.4) is 0 Å². The van der Waals surface area contributed by atoms with E-state index in [4.69, 9.17) is 15.9 Å². The fraction of sp³-hybridized carbons (Fsp3) is 0.875. The summed E-state index contributed by atoms with van der Waals surface area (Å²) in [6.07, 6.45) is -0.135. The van der Waals surface area contributed by atoms with Gasteiger partial charge in [-0.15, -0.1) is 0 Å². The Morgan fingerprint density at radius 3 is 2.21 bits per heavy atom. The first-order valence-electron chi connectivity index (χ1n) is 4.57. The number of amides is 1. The summed E-state index contributed by atoms with van der Waals surface area (Å²) in [5.74, 6) is 0. The highest BCUT2D eigenvalue weighted by Crippen LogP contribution is 1.91. The van der Waals surface area contributed by atoms with Crippen LogP contribution in [0.2, 0.25) is 0 Å². The van der Waals surface area contributed by atoms with Crippen molar-refractivity contribution >= 4 is 6.09 Å². The normalized spacial score (nSPS) is 10.5. The van der Waals surface area contributed by atoms with Crippen LogP contribution in [0.5, 0.6) is 0 Å². The summed E-state index contributed by atoms with van der Waals surface area (Å²) < 4.78 is 4.54. The first-order valence-corrected chi connectivity index (χ1v) is 4.57. The Bertz CT molecular complexity index is 148. The summed E-state index contributed by atoms with van der Waals surface area (Å²) in [5.41, 5.74) is 4.77. The number of hydrogen-bond donors (Lipinski definition) is 3. The monoisotopic (exact) mass is 206 g/mol. The average molecular weight is 206 g/mol. The van der Waals surface area contributed by atoms with E-state index in [1.807, 2.05) is 4.90 Å². The van der Waals surface area contributed by atoms with Crippen LogP contribution in [0.1, 0.15) is 6.42 Å². The molecule has 0 aliphatic rings. The van der Waals surface area contributed by atoms with Crippen molar-refractivity contribution in [3.05, 3.63) is 0 Å². The Labute approximate surface area is 83.3 Å². The third kappa shape index (κ3) is 7.78. The zero-order valence-corrected chi connectivity index (χ0v) is 8.19. The molecule has 0 radical (unpaired) electrons. The van der Waals surface area contributed by atoms with Gasteiger partial charge in [0.15, 0.2) is 0 Å². The van der Waals surface area contributed by atoms with Crippen LogP contribution < -0.4 is 5.73 Å². The van der Waals surface area contributed by atoms with E-state index in [0.717, 1.165) is 0 Å². The second-order valence-electron chi connectivity index (χ2n) is 2.81. The maximum atomic E-state index is 10.2. The molecule has 0 fully saturated rings. The van der Waals surface area contributed by atoms with Gasteiger partial charge in [-0.3, -0.25) is 4.90 Å². The SMILES string of the molecule is NC(=O)OCCCN(CCO)CCO. The fourth-order valence-corrected chi connectivity index (χ4v) is 1.08. The highest BCUT2D eigenvalue weighted by molar-refractivity contribution is 5.64. The largest absolute Gasteiger partial charge is 0.450 e. The molecule has 0 aromatic heterocycles. The number of aliphatic hydroxyl groups is 2. The molecule has 0 heterocycles. The molecule has 0 spiro atoms. The van der Waals surface area contributed by atoms with Crippen molar-refractivity contribution in [1.29, 1.82) is 0 Å². The molecule has 6 nitrogen and oxygen atoms in total. The van der Waals surface area contributed by atoms with Gasteiger partial charge in [-0.25, -0.2) is 4.79 Å². The lowest BCUT2D eigenvalue weighted by Gasteiger charge is -2.19. The molecule has 4 N–H and O–H groups in total. The third-order valence-electron chi connectivity index (χ3n) is 1.70. The van der Waals surface area contributed by atoms with Crippen LogP contribution in [0, 0.1) is 0 Å². The van der Waals surface area contributed by atoms with E-state index in [9.17, 15) is 4.79 Å². The highest BCUT2D eigenvalue weighted by atomic mass is 16.5. The summed E-state index contributed by atoms with van der Waals surface area (Å²) in [7, 11) is 0. The quantitative estimate of drug-likeness (QED) is 0.432. The number of rotatable bonds is 8. The van der Waals surface area contributed by atoms with Crippen molar-refractivity contribution < 1.29 is 19.7 Å². The van der Waals surface area contributed by atoms with Gasteiger partial charge < -0.3 is 20.7 Å². The molecular formula is C8H18N2O4. The number of ether oxygens (including phenoxy) is 1. The van der Waals surface area contributed by atoms with Gasteiger partial charge in [-0.1, -0.05) is 0 Å². The molecular weight excluding hydrogens is 188 g/mol. The van der Waals surface area contributed by atoms with Crippen molar-refractivity contribution in [2.75, 3.05) is 39.5 Å². The lowest BCUT2D eigenvalue weighted by Crippen LogP contribution is -2.31. The number of aliphatic hydroxyl groups excluding tert-OH is 2. The maximum Gasteiger partial charge on any atom is 0.404 e. The zero-order valence-electron chi connectivity index (χ0n) is 8.19. The standard InChI is InChI=1S/C8H18N2O4/c9-8(13)14-7-1-2-10(3-5-11)4-6-12/h11-12H,1-7H2,(H2,9,13). The number of nitrogens with two attached hydrogens (primary N) is 1. The van der Waals surface area contributed by atoms with E-state index in [2.05, 4.69) is 4.74 Å². The molecule has 0 saturated carbocycles. The van der Waals surface area contributed by atoms with Gasteiger partial charge in [-0.05, 0) is 6.42 Å². The van der Waals surface area contributed by atoms with Crippen LogP contribution in [-0.2, 0) is 4.74 Å². The molecule has 6 heteroatoms. The van der Waals surface area contributed by atoms with Crippen molar-refractivity contribution in [3.63, 3.8) is 0 Å². The molecule has 0 unspecified atom stereocenters. The maximum absolute atomic E-state index is 10.2. The molecule has 0 bridgehead atoms. The predicted octanol–water partition coefficient (Wildman–Crippen LogP) is -1.24. The molecule has 84 valence electrons. The lowest BCUT2D eigenvalue weighted by molar-refractivity contribution is 0.132. The van der Waals surface area contributed by atoms with Gasteiger partial charge >= 0.3 is 6.09 Å². The van der Waals surface area contributed by atoms with Crippen molar-refractivity contribution in [1.82, 2.24) is 4.90 Å².